The van der Waals surface area contributed by atoms with Crippen LogP contribution in [0.1, 0.15) is 49.3 Å². The number of amides is 1. The van der Waals surface area contributed by atoms with Crippen LogP contribution in [0.15, 0.2) is 41.4 Å². The Balaban J connectivity index is 0.000000260. The van der Waals surface area contributed by atoms with Gasteiger partial charge in [0.15, 0.2) is 0 Å². The predicted octanol–water partition coefficient (Wildman–Crippen LogP) is 4.55. The van der Waals surface area contributed by atoms with Crippen molar-refractivity contribution in [3.63, 3.8) is 0 Å². The summed E-state index contributed by atoms with van der Waals surface area (Å²) in [6.45, 7) is 8.17. The van der Waals surface area contributed by atoms with Crippen LogP contribution in [-0.2, 0) is 7.05 Å². The smallest absolute Gasteiger partial charge is 0.267 e. The molecule has 1 aliphatic carbocycles. The largest absolute Gasteiger partial charge is 0.370 e. The van der Waals surface area contributed by atoms with Gasteiger partial charge in [-0.3, -0.25) is 4.79 Å². The molecule has 9 heteroatoms. The molecule has 3 unspecified atom stereocenters. The lowest BCUT2D eigenvalue weighted by Gasteiger charge is -2.26. The number of hydrogen-bond acceptors (Lipinski definition) is 6. The number of carbonyl (C=O) groups excluding carboxylic acids is 1. The standard InChI is InChI=1S/C15H22N4OS.C9H11FN2.C2H6/c1-9-14(7-13(19(9)3)15(20)18-2)21-11-4-5-12(17)10(6-11)8-16;10-9-4-3-8(7-11-9)12-5-1-2-6-12;1-2/h4-5,7-8,10-12,16H,6,17H2,1-3H3,(H,18,20);3-4,7H,1-2,5-6H2;1-2H3. The Morgan fingerprint density at radius 3 is 2.54 bits per heavy atom. The number of nitrogens with two attached hydrogens (primary N) is 1. The van der Waals surface area contributed by atoms with Gasteiger partial charge in [-0.15, -0.1) is 11.8 Å². The number of anilines is 1. The maximum Gasteiger partial charge on any atom is 0.267 e. The molecule has 4 rings (SSSR count). The average Bonchev–Trinajstić information content (AvgIpc) is 3.52. The highest BCUT2D eigenvalue weighted by molar-refractivity contribution is 8.00. The first-order chi connectivity index (χ1) is 16.8. The van der Waals surface area contributed by atoms with E-state index in [4.69, 9.17) is 11.1 Å². The quantitative estimate of drug-likeness (QED) is 0.316. The fraction of sp³-hybridized carbons (Fsp3) is 0.500. The molecular weight excluding hydrogens is 463 g/mol. The van der Waals surface area contributed by atoms with Gasteiger partial charge in [0, 0.05) is 61.2 Å². The van der Waals surface area contributed by atoms with E-state index in [9.17, 15) is 9.18 Å². The topological polar surface area (TPSA) is 100 Å². The van der Waals surface area contributed by atoms with Gasteiger partial charge in [-0.05, 0) is 44.4 Å². The highest BCUT2D eigenvalue weighted by Crippen LogP contribution is 2.35. The first-order valence-electron chi connectivity index (χ1n) is 12.2. The monoisotopic (exact) mass is 502 g/mol. The lowest BCUT2D eigenvalue weighted by atomic mass is 9.91. The Hall–Kier alpha value is -2.65. The zero-order valence-electron chi connectivity index (χ0n) is 21.4. The highest BCUT2D eigenvalue weighted by atomic mass is 32.2. The van der Waals surface area contributed by atoms with Gasteiger partial charge in [0.05, 0.1) is 11.9 Å². The van der Waals surface area contributed by atoms with Gasteiger partial charge >= 0.3 is 0 Å². The van der Waals surface area contributed by atoms with Crippen LogP contribution in [-0.4, -0.2) is 53.1 Å². The van der Waals surface area contributed by atoms with Crippen LogP contribution in [0.3, 0.4) is 0 Å². The first kappa shape index (κ1) is 28.6. The van der Waals surface area contributed by atoms with Gasteiger partial charge in [-0.1, -0.05) is 26.0 Å². The van der Waals surface area contributed by atoms with E-state index in [2.05, 4.69) is 21.3 Å². The van der Waals surface area contributed by atoms with Crippen molar-refractivity contribution in [1.82, 2.24) is 14.9 Å². The second-order valence-corrected chi connectivity index (χ2v) is 9.62. The summed E-state index contributed by atoms with van der Waals surface area (Å²) in [5.41, 5.74) is 8.73. The molecule has 1 aliphatic heterocycles. The zero-order valence-corrected chi connectivity index (χ0v) is 22.2. The van der Waals surface area contributed by atoms with Crippen LogP contribution in [0.25, 0.3) is 0 Å². The molecule has 0 bridgehead atoms. The van der Waals surface area contributed by atoms with E-state index < -0.39 is 5.95 Å². The first-order valence-corrected chi connectivity index (χ1v) is 13.1. The Morgan fingerprint density at radius 2 is 1.97 bits per heavy atom. The molecule has 0 radical (unpaired) electrons. The van der Waals surface area contributed by atoms with Crippen molar-refractivity contribution in [2.24, 2.45) is 18.7 Å². The van der Waals surface area contributed by atoms with Crippen LogP contribution < -0.4 is 16.0 Å². The fourth-order valence-electron chi connectivity index (χ4n) is 4.00. The van der Waals surface area contributed by atoms with Crippen molar-refractivity contribution < 1.29 is 9.18 Å². The molecule has 0 saturated carbocycles. The molecule has 2 aromatic rings. The van der Waals surface area contributed by atoms with Gasteiger partial charge in [-0.25, -0.2) is 4.98 Å². The van der Waals surface area contributed by atoms with Crippen LogP contribution in [0.4, 0.5) is 10.1 Å². The lowest BCUT2D eigenvalue weighted by molar-refractivity contribution is 0.0955. The molecule has 3 heterocycles. The Bertz CT molecular complexity index is 984. The minimum absolute atomic E-state index is 0.0577. The summed E-state index contributed by atoms with van der Waals surface area (Å²) in [7, 11) is 3.54. The number of aromatic nitrogens is 2. The van der Waals surface area contributed by atoms with E-state index in [0.29, 0.717) is 5.69 Å². The number of hydrogen-bond donors (Lipinski definition) is 3. The van der Waals surface area contributed by atoms with Crippen molar-refractivity contribution in [1.29, 1.82) is 5.41 Å². The molecule has 7 nitrogen and oxygen atoms in total. The van der Waals surface area contributed by atoms with Crippen molar-refractivity contribution in [3.05, 3.63) is 53.9 Å². The number of pyridine rings is 1. The third-order valence-electron chi connectivity index (χ3n) is 6.17. The maximum atomic E-state index is 12.4. The molecule has 1 fully saturated rings. The van der Waals surface area contributed by atoms with Crippen LogP contribution in [0.5, 0.6) is 0 Å². The van der Waals surface area contributed by atoms with Crippen LogP contribution >= 0.6 is 11.8 Å². The summed E-state index contributed by atoms with van der Waals surface area (Å²) in [5, 5.41) is 10.4. The zero-order chi connectivity index (χ0) is 26.0. The molecule has 2 aromatic heterocycles. The molecule has 3 atom stereocenters. The van der Waals surface area contributed by atoms with Crippen LogP contribution in [0, 0.1) is 24.2 Å². The Morgan fingerprint density at radius 1 is 1.29 bits per heavy atom. The number of halogens is 1. The summed E-state index contributed by atoms with van der Waals surface area (Å²) < 4.78 is 14.4. The minimum Gasteiger partial charge on any atom is -0.370 e. The molecule has 0 spiro atoms. The van der Waals surface area contributed by atoms with Gasteiger partial charge in [0.25, 0.3) is 5.91 Å². The summed E-state index contributed by atoms with van der Waals surface area (Å²) in [5.74, 6) is -0.390. The van der Waals surface area contributed by atoms with Crippen molar-refractivity contribution in [3.8, 4) is 0 Å². The third kappa shape index (κ3) is 7.67. The summed E-state index contributed by atoms with van der Waals surface area (Å²) in [6, 6.07) is 5.07. The van der Waals surface area contributed by atoms with Gasteiger partial charge < -0.3 is 25.9 Å². The average molecular weight is 503 g/mol. The molecule has 35 heavy (non-hydrogen) atoms. The highest BCUT2D eigenvalue weighted by Gasteiger charge is 2.24. The molecule has 192 valence electrons. The second-order valence-electron chi connectivity index (χ2n) is 8.34. The molecule has 4 N–H and O–H groups in total. The summed E-state index contributed by atoms with van der Waals surface area (Å²) in [6.07, 6.45) is 10.5. The third-order valence-corrected chi connectivity index (χ3v) is 7.49. The number of carbonyl (C=O) groups is 1. The van der Waals surface area contributed by atoms with Crippen molar-refractivity contribution in [2.75, 3.05) is 25.0 Å². The molecular formula is C26H39FN6OS. The molecule has 2 aliphatic rings. The normalized spacial score (nSPS) is 20.9. The van der Waals surface area contributed by atoms with Gasteiger partial charge in [-0.2, -0.15) is 4.39 Å². The second kappa shape index (κ2) is 14.0. The minimum atomic E-state index is -0.405. The fourth-order valence-corrected chi connectivity index (χ4v) is 5.30. The van der Waals surface area contributed by atoms with Crippen LogP contribution in [0.2, 0.25) is 0 Å². The SMILES string of the molecule is CC.CNC(=O)c1cc(SC2C=CC(N)C(C=N)C2)c(C)n1C.Fc1ccc(N2CCCC2)cn1. The lowest BCUT2D eigenvalue weighted by Crippen LogP contribution is -2.34. The van der Waals surface area contributed by atoms with Gasteiger partial charge in [0.2, 0.25) is 5.95 Å². The van der Waals surface area contributed by atoms with E-state index in [1.54, 1.807) is 31.1 Å². The number of nitrogens with zero attached hydrogens (tertiary/aromatic N) is 3. The summed E-state index contributed by atoms with van der Waals surface area (Å²) in [4.78, 5) is 18.8. The Kier molecular flexibility index (Phi) is 11.5. The van der Waals surface area contributed by atoms with Crippen molar-refractivity contribution in [2.45, 2.75) is 56.2 Å². The summed E-state index contributed by atoms with van der Waals surface area (Å²) >= 11 is 1.73. The van der Waals surface area contributed by atoms with Crippen molar-refractivity contribution >= 4 is 29.6 Å². The van der Waals surface area contributed by atoms with E-state index in [1.807, 2.05) is 44.5 Å². The molecule has 0 aromatic carbocycles. The van der Waals surface area contributed by atoms with E-state index >= 15 is 0 Å². The number of nitrogens with one attached hydrogen (secondary N) is 2. The molecule has 1 amide bonds. The van der Waals surface area contributed by atoms with E-state index in [1.165, 1.54) is 25.1 Å². The van der Waals surface area contributed by atoms with Gasteiger partial charge in [0.1, 0.15) is 5.69 Å². The predicted molar refractivity (Wildman–Crippen MR) is 144 cm³/mol. The van der Waals surface area contributed by atoms with E-state index in [0.717, 1.165) is 35.8 Å². The molecule has 1 saturated heterocycles. The van der Waals surface area contributed by atoms with E-state index in [-0.39, 0.29) is 23.1 Å². The maximum absolute atomic E-state index is 12.4. The number of thioether (sulfide) groups is 1. The number of rotatable bonds is 5. The Labute approximate surface area is 212 Å².